The average molecular weight is 466 g/mol. The van der Waals surface area contributed by atoms with Crippen LogP contribution in [0.2, 0.25) is 0 Å². The van der Waals surface area contributed by atoms with E-state index in [1.807, 2.05) is 54.2 Å². The molecular weight excluding hydrogens is 438 g/mol. The monoisotopic (exact) mass is 465 g/mol. The summed E-state index contributed by atoms with van der Waals surface area (Å²) in [4.78, 5) is 30.3. The minimum Gasteiger partial charge on any atom is -0.467 e. The number of nitriles is 1. The van der Waals surface area contributed by atoms with Crippen molar-refractivity contribution in [1.82, 2.24) is 5.32 Å². The van der Waals surface area contributed by atoms with Gasteiger partial charge in [0.2, 0.25) is 0 Å². The highest BCUT2D eigenvalue weighted by atomic mass is 32.2. The molecule has 1 heterocycles. The predicted octanol–water partition coefficient (Wildman–Crippen LogP) is 3.57. The zero-order valence-electron chi connectivity index (χ0n) is 18.7. The van der Waals surface area contributed by atoms with Crippen molar-refractivity contribution in [3.63, 3.8) is 0 Å². The van der Waals surface area contributed by atoms with Crippen LogP contribution < -0.4 is 5.32 Å². The highest BCUT2D eigenvalue weighted by molar-refractivity contribution is 7.99. The van der Waals surface area contributed by atoms with Gasteiger partial charge in [-0.25, -0.2) is 4.79 Å². The van der Waals surface area contributed by atoms with E-state index < -0.39 is 17.9 Å². The Morgan fingerprint density at radius 1 is 1.15 bits per heavy atom. The number of benzene rings is 2. The molecule has 0 saturated carbocycles. The maximum atomic E-state index is 13.0. The number of ether oxygens (including phenoxy) is 1. The molecule has 2 aromatic rings. The minimum atomic E-state index is -0.861. The van der Waals surface area contributed by atoms with Crippen molar-refractivity contribution in [1.29, 1.82) is 5.26 Å². The van der Waals surface area contributed by atoms with Crippen molar-refractivity contribution in [3.05, 3.63) is 59.7 Å². The van der Waals surface area contributed by atoms with Crippen molar-refractivity contribution in [3.8, 4) is 17.2 Å². The highest BCUT2D eigenvalue weighted by Gasteiger charge is 2.30. The second-order valence-electron chi connectivity index (χ2n) is 7.65. The lowest BCUT2D eigenvalue weighted by molar-refractivity contribution is -0.144. The van der Waals surface area contributed by atoms with Crippen LogP contribution >= 0.6 is 11.8 Å². The number of amides is 1. The molecule has 1 aliphatic rings. The van der Waals surface area contributed by atoms with E-state index in [1.54, 1.807) is 6.07 Å². The first-order valence-corrected chi connectivity index (χ1v) is 11.9. The first-order valence-electron chi connectivity index (χ1n) is 10.7. The van der Waals surface area contributed by atoms with E-state index in [9.17, 15) is 14.9 Å². The Hall–Kier alpha value is -3.31. The van der Waals surface area contributed by atoms with E-state index in [2.05, 4.69) is 16.5 Å². The molecule has 7 nitrogen and oxygen atoms in total. The van der Waals surface area contributed by atoms with Crippen LogP contribution in [0.15, 0.2) is 53.7 Å². The predicted molar refractivity (Wildman–Crippen MR) is 129 cm³/mol. The summed E-state index contributed by atoms with van der Waals surface area (Å²) in [5.74, 6) is 0.982. The Kier molecular flexibility index (Phi) is 8.90. The summed E-state index contributed by atoms with van der Waals surface area (Å²) < 4.78 is 4.93. The number of thioether (sulfide) groups is 1. The normalized spacial score (nSPS) is 15.2. The molecule has 0 aliphatic carbocycles. The van der Waals surface area contributed by atoms with Gasteiger partial charge in [0.1, 0.15) is 18.9 Å². The number of oxime groups is 1. The number of esters is 1. The van der Waals surface area contributed by atoms with Crippen molar-refractivity contribution in [2.24, 2.45) is 11.1 Å². The van der Waals surface area contributed by atoms with Crippen molar-refractivity contribution in [2.75, 3.05) is 25.7 Å². The SMILES string of the molecule is CON=C(C(=O)N[C@@H](Cc1ccc(-c2ccccc2C#N)cc1)C(=O)OC)C1CCSCC1. The van der Waals surface area contributed by atoms with E-state index in [1.165, 1.54) is 14.2 Å². The summed E-state index contributed by atoms with van der Waals surface area (Å²) in [6, 6.07) is 16.3. The van der Waals surface area contributed by atoms with Crippen LogP contribution in [0.25, 0.3) is 11.1 Å². The molecule has 1 N–H and O–H groups in total. The fourth-order valence-electron chi connectivity index (χ4n) is 3.83. The summed E-state index contributed by atoms with van der Waals surface area (Å²) in [6.45, 7) is 0. The molecule has 0 aromatic heterocycles. The summed E-state index contributed by atoms with van der Waals surface area (Å²) in [7, 11) is 2.71. The molecule has 1 amide bonds. The number of carbonyl (C=O) groups is 2. The van der Waals surface area contributed by atoms with E-state index >= 15 is 0 Å². The summed E-state index contributed by atoms with van der Waals surface area (Å²) in [5.41, 5.74) is 3.50. The fourth-order valence-corrected chi connectivity index (χ4v) is 4.93. The van der Waals surface area contributed by atoms with E-state index in [-0.39, 0.29) is 12.3 Å². The zero-order chi connectivity index (χ0) is 23.6. The Morgan fingerprint density at radius 3 is 2.48 bits per heavy atom. The molecular formula is C25H27N3O4S. The van der Waals surface area contributed by atoms with E-state index in [0.29, 0.717) is 11.3 Å². The number of rotatable bonds is 8. The van der Waals surface area contributed by atoms with Gasteiger partial charge in [0.25, 0.3) is 5.91 Å². The van der Waals surface area contributed by atoms with Gasteiger partial charge in [0.05, 0.1) is 18.7 Å². The quantitative estimate of drug-likeness (QED) is 0.363. The third-order valence-corrected chi connectivity index (χ3v) is 6.62. The molecule has 3 rings (SSSR count). The van der Waals surface area contributed by atoms with Gasteiger partial charge < -0.3 is 14.9 Å². The molecule has 0 bridgehead atoms. The smallest absolute Gasteiger partial charge is 0.328 e. The van der Waals surface area contributed by atoms with Crippen LogP contribution in [0.4, 0.5) is 0 Å². The molecule has 0 spiro atoms. The molecule has 1 aliphatic heterocycles. The molecule has 1 saturated heterocycles. The average Bonchev–Trinajstić information content (AvgIpc) is 2.87. The summed E-state index contributed by atoms with van der Waals surface area (Å²) >= 11 is 1.85. The second kappa shape index (κ2) is 12.1. The van der Waals surface area contributed by atoms with Gasteiger partial charge in [-0.3, -0.25) is 4.79 Å². The summed E-state index contributed by atoms with van der Waals surface area (Å²) in [6.07, 6.45) is 1.95. The van der Waals surface area contributed by atoms with Gasteiger partial charge in [-0.05, 0) is 47.1 Å². The first-order chi connectivity index (χ1) is 16.1. The molecule has 1 fully saturated rings. The largest absolute Gasteiger partial charge is 0.467 e. The van der Waals surface area contributed by atoms with Crippen LogP contribution in [0.3, 0.4) is 0 Å². The molecule has 172 valence electrons. The Labute approximate surface area is 198 Å². The van der Waals surface area contributed by atoms with Crippen molar-refractivity contribution < 1.29 is 19.2 Å². The van der Waals surface area contributed by atoms with Gasteiger partial charge in [0, 0.05) is 12.3 Å². The molecule has 2 aromatic carbocycles. The molecule has 0 unspecified atom stereocenters. The number of nitrogens with one attached hydrogen (secondary N) is 1. The number of hydrogen-bond acceptors (Lipinski definition) is 7. The number of carbonyl (C=O) groups excluding carboxylic acids is 2. The topological polar surface area (TPSA) is 101 Å². The zero-order valence-corrected chi connectivity index (χ0v) is 19.6. The number of nitrogens with zero attached hydrogens (tertiary/aromatic N) is 2. The fraction of sp³-hybridized carbons (Fsp3) is 0.360. The third-order valence-electron chi connectivity index (χ3n) is 5.57. The van der Waals surface area contributed by atoms with Crippen molar-refractivity contribution >= 4 is 29.4 Å². The Bertz CT molecular complexity index is 1040. The van der Waals surface area contributed by atoms with Gasteiger partial charge in [-0.2, -0.15) is 17.0 Å². The van der Waals surface area contributed by atoms with Crippen molar-refractivity contribution in [2.45, 2.75) is 25.3 Å². The summed E-state index contributed by atoms with van der Waals surface area (Å²) in [5, 5.41) is 16.1. The number of methoxy groups -OCH3 is 1. The van der Waals surface area contributed by atoms with Gasteiger partial charge in [-0.15, -0.1) is 0 Å². The third kappa shape index (κ3) is 6.36. The van der Waals surface area contributed by atoms with Gasteiger partial charge in [0.15, 0.2) is 0 Å². The van der Waals surface area contributed by atoms with Crippen LogP contribution in [-0.4, -0.2) is 49.4 Å². The van der Waals surface area contributed by atoms with Crippen LogP contribution in [0.1, 0.15) is 24.0 Å². The van der Waals surface area contributed by atoms with Crippen LogP contribution in [0, 0.1) is 17.2 Å². The Morgan fingerprint density at radius 2 is 1.85 bits per heavy atom. The Balaban J connectivity index is 1.75. The van der Waals surface area contributed by atoms with E-state index in [0.717, 1.165) is 41.0 Å². The molecule has 8 heteroatoms. The lowest BCUT2D eigenvalue weighted by atomic mass is 9.95. The van der Waals surface area contributed by atoms with Gasteiger partial charge >= 0.3 is 5.97 Å². The van der Waals surface area contributed by atoms with E-state index in [4.69, 9.17) is 9.57 Å². The molecule has 0 radical (unpaired) electrons. The minimum absolute atomic E-state index is 0.00369. The first kappa shape index (κ1) is 24.3. The lowest BCUT2D eigenvalue weighted by Gasteiger charge is -2.23. The highest BCUT2D eigenvalue weighted by Crippen LogP contribution is 2.25. The standard InChI is InChI=1S/C25H27N3O4S/c1-31-25(30)22(27-24(29)23(28-32-2)19-11-13-33-14-12-19)15-17-7-9-18(10-8-17)21-6-4-3-5-20(21)16-26/h3-10,19,22H,11-15H2,1-2H3,(H,27,29)/t22-/m0/s1. The molecule has 1 atom stereocenters. The second-order valence-corrected chi connectivity index (χ2v) is 8.88. The van der Waals surface area contributed by atoms with Gasteiger partial charge in [-0.1, -0.05) is 47.6 Å². The number of hydrogen-bond donors (Lipinski definition) is 1. The maximum absolute atomic E-state index is 13.0. The van der Waals surface area contributed by atoms with Crippen LogP contribution in [0.5, 0.6) is 0 Å². The lowest BCUT2D eigenvalue weighted by Crippen LogP contribution is -2.47. The van der Waals surface area contributed by atoms with Crippen LogP contribution in [-0.2, 0) is 25.6 Å². The molecule has 33 heavy (non-hydrogen) atoms. The maximum Gasteiger partial charge on any atom is 0.328 e.